The molecule has 0 spiro atoms. The van der Waals surface area contributed by atoms with Gasteiger partial charge in [0.05, 0.1) is 44.0 Å². The fraction of sp³-hybridized carbons (Fsp3) is 0.259. The number of nitrogens with zero attached hydrogens (tertiary/aromatic N) is 1. The Kier molecular flexibility index (Phi) is 8.06. The number of hydrogen-bond acceptors (Lipinski definition) is 7. The summed E-state index contributed by atoms with van der Waals surface area (Å²) in [5, 5.41) is 5.59. The lowest BCUT2D eigenvalue weighted by Crippen LogP contribution is -2.48. The van der Waals surface area contributed by atoms with Gasteiger partial charge in [-0.25, -0.2) is 8.42 Å². The highest BCUT2D eigenvalue weighted by Crippen LogP contribution is 2.35. The molecule has 200 valence electrons. The first-order valence-electron chi connectivity index (χ1n) is 11.8. The summed E-state index contributed by atoms with van der Waals surface area (Å²) in [6.45, 7) is 0.157. The number of ether oxygens (including phenoxy) is 3. The zero-order valence-corrected chi connectivity index (χ0v) is 22.1. The second kappa shape index (κ2) is 11.4. The van der Waals surface area contributed by atoms with Crippen LogP contribution in [0.3, 0.4) is 0 Å². The van der Waals surface area contributed by atoms with Gasteiger partial charge in [-0.1, -0.05) is 30.3 Å². The van der Waals surface area contributed by atoms with Gasteiger partial charge in [0.1, 0.15) is 5.75 Å². The van der Waals surface area contributed by atoms with Gasteiger partial charge in [-0.2, -0.15) is 0 Å². The van der Waals surface area contributed by atoms with Crippen LogP contribution in [0.2, 0.25) is 0 Å². The van der Waals surface area contributed by atoms with Gasteiger partial charge in [0.2, 0.25) is 10.0 Å². The maximum absolute atomic E-state index is 13.1. The Bertz CT molecular complexity index is 1440. The zero-order chi connectivity index (χ0) is 27.3. The van der Waals surface area contributed by atoms with Crippen LogP contribution >= 0.6 is 0 Å². The molecule has 0 saturated heterocycles. The third-order valence-corrected chi connectivity index (χ3v) is 7.15. The smallest absolute Gasteiger partial charge is 0.267 e. The van der Waals surface area contributed by atoms with Gasteiger partial charge in [0.15, 0.2) is 17.6 Å². The number of methoxy groups -OCH3 is 2. The van der Waals surface area contributed by atoms with Crippen molar-refractivity contribution in [3.63, 3.8) is 0 Å². The predicted molar refractivity (Wildman–Crippen MR) is 144 cm³/mol. The molecule has 4 rings (SSSR count). The molecule has 11 heteroatoms. The highest BCUT2D eigenvalue weighted by atomic mass is 32.2. The fourth-order valence-electron chi connectivity index (χ4n) is 4.11. The van der Waals surface area contributed by atoms with Gasteiger partial charge in [-0.3, -0.25) is 13.9 Å². The largest absolute Gasteiger partial charge is 0.493 e. The summed E-state index contributed by atoms with van der Waals surface area (Å²) in [6.07, 6.45) is 0.518. The van der Waals surface area contributed by atoms with Crippen LogP contribution in [0.4, 0.5) is 11.4 Å². The highest BCUT2D eigenvalue weighted by Gasteiger charge is 2.35. The van der Waals surface area contributed by atoms with E-state index >= 15 is 0 Å². The molecular weight excluding hydrogens is 510 g/mol. The Balaban J connectivity index is 1.43. The van der Waals surface area contributed by atoms with Crippen molar-refractivity contribution in [2.45, 2.75) is 12.5 Å². The maximum Gasteiger partial charge on any atom is 0.267 e. The lowest BCUT2D eigenvalue weighted by atomic mass is 10.1. The van der Waals surface area contributed by atoms with E-state index in [2.05, 4.69) is 10.6 Å². The third kappa shape index (κ3) is 6.00. The molecule has 0 fully saturated rings. The summed E-state index contributed by atoms with van der Waals surface area (Å²) in [6, 6.07) is 18.7. The molecule has 38 heavy (non-hydrogen) atoms. The number of para-hydroxylation sites is 3. The van der Waals surface area contributed by atoms with Crippen molar-refractivity contribution in [3.05, 3.63) is 77.9 Å². The number of rotatable bonds is 9. The minimum absolute atomic E-state index is 0.193. The van der Waals surface area contributed by atoms with Crippen molar-refractivity contribution < 1.29 is 32.2 Å². The van der Waals surface area contributed by atoms with Crippen LogP contribution in [0.1, 0.15) is 15.9 Å². The Labute approximate surface area is 221 Å². The summed E-state index contributed by atoms with van der Waals surface area (Å²) in [4.78, 5) is 26.1. The van der Waals surface area contributed by atoms with E-state index in [9.17, 15) is 18.0 Å². The number of sulfonamides is 1. The van der Waals surface area contributed by atoms with Crippen molar-refractivity contribution in [1.82, 2.24) is 5.32 Å². The molecule has 2 N–H and O–H groups in total. The number of fused-ring (bicyclic) bond motifs is 1. The predicted octanol–water partition coefficient (Wildman–Crippen LogP) is 2.84. The number of nitrogens with one attached hydrogen (secondary N) is 2. The molecular formula is C27H29N3O7S. The Morgan fingerprint density at radius 1 is 1.00 bits per heavy atom. The Hall–Kier alpha value is -4.25. The summed E-state index contributed by atoms with van der Waals surface area (Å²) < 4.78 is 42.2. The third-order valence-electron chi connectivity index (χ3n) is 6.00. The van der Waals surface area contributed by atoms with Crippen molar-refractivity contribution in [2.75, 3.05) is 43.2 Å². The minimum atomic E-state index is -3.65. The molecule has 3 aromatic carbocycles. The molecule has 1 aliphatic heterocycles. The fourth-order valence-corrected chi connectivity index (χ4v) is 5.02. The van der Waals surface area contributed by atoms with Crippen molar-refractivity contribution in [3.8, 4) is 17.2 Å². The van der Waals surface area contributed by atoms with Gasteiger partial charge in [-0.05, 0) is 48.4 Å². The van der Waals surface area contributed by atoms with E-state index in [1.165, 1.54) is 0 Å². The number of carbonyl (C=O) groups is 2. The summed E-state index contributed by atoms with van der Waals surface area (Å²) in [5.41, 5.74) is 1.88. The molecule has 1 heterocycles. The topological polar surface area (TPSA) is 123 Å². The van der Waals surface area contributed by atoms with E-state index in [0.29, 0.717) is 30.2 Å². The summed E-state index contributed by atoms with van der Waals surface area (Å²) in [7, 11) is -0.523. The van der Waals surface area contributed by atoms with Crippen LogP contribution < -0.4 is 29.1 Å². The van der Waals surface area contributed by atoms with Crippen LogP contribution in [-0.2, 0) is 21.2 Å². The van der Waals surface area contributed by atoms with Crippen molar-refractivity contribution in [1.29, 1.82) is 0 Å². The van der Waals surface area contributed by atoms with E-state index in [1.807, 2.05) is 12.1 Å². The van der Waals surface area contributed by atoms with Gasteiger partial charge >= 0.3 is 0 Å². The van der Waals surface area contributed by atoms with E-state index in [1.54, 1.807) is 68.8 Å². The van der Waals surface area contributed by atoms with Gasteiger partial charge in [-0.15, -0.1) is 0 Å². The van der Waals surface area contributed by atoms with Gasteiger partial charge < -0.3 is 24.8 Å². The SMILES string of the molecule is COc1ccc(CCNC(=O)c2ccccc2NC(=O)[C@@H]2CN(S(C)(=O)=O)c3ccccc3O2)cc1OC. The first-order valence-corrected chi connectivity index (χ1v) is 13.7. The van der Waals surface area contributed by atoms with E-state index in [0.717, 1.165) is 16.1 Å². The van der Waals surface area contributed by atoms with Gasteiger partial charge in [0.25, 0.3) is 11.8 Å². The molecule has 2 amide bonds. The summed E-state index contributed by atoms with van der Waals surface area (Å²) >= 11 is 0. The van der Waals surface area contributed by atoms with Crippen LogP contribution in [0.5, 0.6) is 17.2 Å². The lowest BCUT2D eigenvalue weighted by molar-refractivity contribution is -0.122. The summed E-state index contributed by atoms with van der Waals surface area (Å²) in [5.74, 6) is 0.569. The molecule has 0 aliphatic carbocycles. The van der Waals surface area contributed by atoms with E-state index in [-0.39, 0.29) is 29.5 Å². The minimum Gasteiger partial charge on any atom is -0.493 e. The molecule has 10 nitrogen and oxygen atoms in total. The van der Waals surface area contributed by atoms with Crippen LogP contribution in [0.25, 0.3) is 0 Å². The van der Waals surface area contributed by atoms with Crippen LogP contribution in [0.15, 0.2) is 66.7 Å². The van der Waals surface area contributed by atoms with Crippen molar-refractivity contribution >= 4 is 33.2 Å². The normalized spacial score (nSPS) is 14.6. The zero-order valence-electron chi connectivity index (χ0n) is 21.3. The quantitative estimate of drug-likeness (QED) is 0.429. The first-order chi connectivity index (χ1) is 18.2. The molecule has 0 radical (unpaired) electrons. The second-order valence-corrected chi connectivity index (χ2v) is 10.5. The number of benzene rings is 3. The molecule has 0 bridgehead atoms. The van der Waals surface area contributed by atoms with Crippen LogP contribution in [-0.4, -0.2) is 59.9 Å². The monoisotopic (exact) mass is 539 g/mol. The standard InChI is InChI=1S/C27H29N3O7S/c1-35-23-13-12-18(16-24(23)36-2)14-15-28-26(31)19-8-4-5-9-20(19)29-27(32)25-17-30(38(3,33)34)21-10-6-7-11-22(21)37-25/h4-13,16,25H,14-15,17H2,1-3H3,(H,28,31)(H,29,32)/t25-/m0/s1. The number of anilines is 2. The van der Waals surface area contributed by atoms with Gasteiger partial charge in [0, 0.05) is 6.54 Å². The average Bonchev–Trinajstić information content (AvgIpc) is 2.91. The van der Waals surface area contributed by atoms with E-state index < -0.39 is 22.0 Å². The number of hydrogen-bond donors (Lipinski definition) is 2. The van der Waals surface area contributed by atoms with Crippen molar-refractivity contribution in [2.24, 2.45) is 0 Å². The second-order valence-electron chi connectivity index (χ2n) is 8.60. The molecule has 3 aromatic rings. The highest BCUT2D eigenvalue weighted by molar-refractivity contribution is 7.92. The Morgan fingerprint density at radius 2 is 1.71 bits per heavy atom. The first kappa shape index (κ1) is 26.8. The molecule has 0 aromatic heterocycles. The molecule has 1 aliphatic rings. The van der Waals surface area contributed by atoms with E-state index in [4.69, 9.17) is 14.2 Å². The maximum atomic E-state index is 13.1. The Morgan fingerprint density at radius 3 is 2.45 bits per heavy atom. The number of carbonyl (C=O) groups excluding carboxylic acids is 2. The molecule has 0 saturated carbocycles. The average molecular weight is 540 g/mol. The molecule has 0 unspecified atom stereocenters. The van der Waals surface area contributed by atoms with Crippen LogP contribution in [0, 0.1) is 0 Å². The number of amides is 2. The lowest BCUT2D eigenvalue weighted by Gasteiger charge is -2.33. The molecule has 1 atom stereocenters.